The number of carbonyl (C=O) groups excluding carboxylic acids is 1. The minimum atomic E-state index is 0.116. The van der Waals surface area contributed by atoms with Crippen molar-refractivity contribution in [1.82, 2.24) is 15.3 Å². The molecule has 0 bridgehead atoms. The SMILES string of the molecule is CCNC(=O)C1CCN(c2nc3ccc(-c4ccc(OC)cc4)nc3s2)CC1. The van der Waals surface area contributed by atoms with Crippen molar-refractivity contribution in [3.05, 3.63) is 36.4 Å². The summed E-state index contributed by atoms with van der Waals surface area (Å²) in [5, 5.41) is 3.92. The van der Waals surface area contributed by atoms with Gasteiger partial charge in [0.15, 0.2) is 5.13 Å². The predicted octanol–water partition coefficient (Wildman–Crippen LogP) is 3.72. The number of hydrogen-bond donors (Lipinski definition) is 1. The summed E-state index contributed by atoms with van der Waals surface area (Å²) in [6, 6.07) is 12.0. The van der Waals surface area contributed by atoms with Crippen LogP contribution in [-0.2, 0) is 4.79 Å². The fraction of sp³-hybridized carbons (Fsp3) is 0.381. The van der Waals surface area contributed by atoms with Crippen molar-refractivity contribution < 1.29 is 9.53 Å². The van der Waals surface area contributed by atoms with Gasteiger partial charge in [-0.3, -0.25) is 4.79 Å². The Morgan fingerprint density at radius 3 is 2.61 bits per heavy atom. The third kappa shape index (κ3) is 3.80. The zero-order chi connectivity index (χ0) is 19.5. The monoisotopic (exact) mass is 396 g/mol. The molecule has 1 saturated heterocycles. The lowest BCUT2D eigenvalue weighted by Gasteiger charge is -2.30. The van der Waals surface area contributed by atoms with Crippen molar-refractivity contribution in [2.75, 3.05) is 31.6 Å². The molecule has 1 aliphatic heterocycles. The van der Waals surface area contributed by atoms with Crippen LogP contribution in [0.15, 0.2) is 36.4 Å². The Hall–Kier alpha value is -2.67. The second-order valence-corrected chi connectivity index (χ2v) is 7.86. The van der Waals surface area contributed by atoms with Gasteiger partial charge in [-0.25, -0.2) is 9.97 Å². The van der Waals surface area contributed by atoms with Gasteiger partial charge in [0.05, 0.1) is 12.8 Å². The van der Waals surface area contributed by atoms with Crippen LogP contribution >= 0.6 is 11.3 Å². The summed E-state index contributed by atoms with van der Waals surface area (Å²) in [6.45, 7) is 4.36. The van der Waals surface area contributed by atoms with Crippen LogP contribution in [-0.4, -0.2) is 42.6 Å². The number of amides is 1. The van der Waals surface area contributed by atoms with Gasteiger partial charge >= 0.3 is 0 Å². The van der Waals surface area contributed by atoms with E-state index in [0.717, 1.165) is 58.4 Å². The Labute approximate surface area is 168 Å². The van der Waals surface area contributed by atoms with Crippen LogP contribution in [0.2, 0.25) is 0 Å². The predicted molar refractivity (Wildman–Crippen MR) is 113 cm³/mol. The van der Waals surface area contributed by atoms with E-state index < -0.39 is 0 Å². The summed E-state index contributed by atoms with van der Waals surface area (Å²) in [5.41, 5.74) is 2.91. The molecule has 1 N–H and O–H groups in total. The zero-order valence-electron chi connectivity index (χ0n) is 16.1. The lowest BCUT2D eigenvalue weighted by Crippen LogP contribution is -2.40. The van der Waals surface area contributed by atoms with Gasteiger partial charge in [-0.2, -0.15) is 0 Å². The van der Waals surface area contributed by atoms with Crippen LogP contribution in [0.1, 0.15) is 19.8 Å². The van der Waals surface area contributed by atoms with Crippen LogP contribution in [0, 0.1) is 5.92 Å². The number of piperidine rings is 1. The van der Waals surface area contributed by atoms with Gasteiger partial charge in [0.25, 0.3) is 0 Å². The molecule has 1 aliphatic rings. The third-order valence-electron chi connectivity index (χ3n) is 5.12. The van der Waals surface area contributed by atoms with Gasteiger partial charge in [0.1, 0.15) is 16.1 Å². The number of carbonyl (C=O) groups is 1. The maximum atomic E-state index is 12.0. The standard InChI is InChI=1S/C21H24N4O2S/c1-3-22-19(26)15-10-12-25(13-11-15)21-24-18-9-8-17(23-20(18)28-21)14-4-6-16(27-2)7-5-14/h4-9,15H,3,10-13H2,1-2H3,(H,22,26). The lowest BCUT2D eigenvalue weighted by atomic mass is 9.96. The van der Waals surface area contributed by atoms with Gasteiger partial charge < -0.3 is 15.0 Å². The van der Waals surface area contributed by atoms with E-state index in [9.17, 15) is 4.79 Å². The van der Waals surface area contributed by atoms with E-state index in [1.165, 1.54) is 0 Å². The van der Waals surface area contributed by atoms with Crippen LogP contribution < -0.4 is 15.0 Å². The largest absolute Gasteiger partial charge is 0.497 e. The molecular formula is C21H24N4O2S. The first-order valence-electron chi connectivity index (χ1n) is 9.62. The van der Waals surface area contributed by atoms with E-state index in [4.69, 9.17) is 14.7 Å². The highest BCUT2D eigenvalue weighted by atomic mass is 32.1. The first-order valence-corrected chi connectivity index (χ1v) is 10.4. The highest BCUT2D eigenvalue weighted by molar-refractivity contribution is 7.21. The van der Waals surface area contributed by atoms with Gasteiger partial charge in [0, 0.05) is 31.1 Å². The number of aromatic nitrogens is 2. The number of benzene rings is 1. The van der Waals surface area contributed by atoms with E-state index in [-0.39, 0.29) is 11.8 Å². The number of anilines is 1. The lowest BCUT2D eigenvalue weighted by molar-refractivity contribution is -0.125. The Morgan fingerprint density at radius 2 is 1.93 bits per heavy atom. The minimum Gasteiger partial charge on any atom is -0.497 e. The quantitative estimate of drug-likeness (QED) is 0.712. The molecule has 0 radical (unpaired) electrons. The summed E-state index contributed by atoms with van der Waals surface area (Å²) in [4.78, 5) is 24.8. The van der Waals surface area contributed by atoms with E-state index in [0.29, 0.717) is 6.54 Å². The highest BCUT2D eigenvalue weighted by Gasteiger charge is 2.26. The van der Waals surface area contributed by atoms with Crippen molar-refractivity contribution in [3.63, 3.8) is 0 Å². The maximum Gasteiger partial charge on any atom is 0.223 e. The molecule has 0 atom stereocenters. The molecule has 28 heavy (non-hydrogen) atoms. The second kappa shape index (κ2) is 8.14. The molecule has 2 aromatic heterocycles. The van der Waals surface area contributed by atoms with Crippen LogP contribution in [0.5, 0.6) is 5.75 Å². The summed E-state index contributed by atoms with van der Waals surface area (Å²) in [7, 11) is 1.66. The number of nitrogens with one attached hydrogen (secondary N) is 1. The number of thiazole rings is 1. The highest BCUT2D eigenvalue weighted by Crippen LogP contribution is 2.32. The number of methoxy groups -OCH3 is 1. The molecule has 0 spiro atoms. The molecule has 1 aromatic carbocycles. The molecule has 1 fully saturated rings. The van der Waals surface area contributed by atoms with Gasteiger partial charge in [0.2, 0.25) is 5.91 Å². The summed E-state index contributed by atoms with van der Waals surface area (Å²) < 4.78 is 5.22. The van der Waals surface area contributed by atoms with E-state index in [2.05, 4.69) is 10.2 Å². The molecule has 0 aliphatic carbocycles. The molecule has 7 heteroatoms. The van der Waals surface area contributed by atoms with Crippen LogP contribution in [0.25, 0.3) is 21.6 Å². The molecule has 4 rings (SSSR count). The van der Waals surface area contributed by atoms with Gasteiger partial charge in [-0.1, -0.05) is 11.3 Å². The molecule has 146 valence electrons. The number of fused-ring (bicyclic) bond motifs is 1. The van der Waals surface area contributed by atoms with Crippen molar-refractivity contribution >= 4 is 32.7 Å². The average Bonchev–Trinajstić information content (AvgIpc) is 3.17. The maximum absolute atomic E-state index is 12.0. The van der Waals surface area contributed by atoms with Crippen molar-refractivity contribution in [2.24, 2.45) is 5.92 Å². The number of hydrogen-bond acceptors (Lipinski definition) is 6. The van der Waals surface area contributed by atoms with Crippen LogP contribution in [0.4, 0.5) is 5.13 Å². The fourth-order valence-electron chi connectivity index (χ4n) is 3.51. The first kappa shape index (κ1) is 18.7. The molecular weight excluding hydrogens is 372 g/mol. The minimum absolute atomic E-state index is 0.116. The van der Waals surface area contributed by atoms with Crippen LogP contribution in [0.3, 0.4) is 0 Å². The molecule has 0 saturated carbocycles. The normalized spacial score (nSPS) is 15.0. The van der Waals surface area contributed by atoms with Crippen molar-refractivity contribution in [3.8, 4) is 17.0 Å². The number of nitrogens with zero attached hydrogens (tertiary/aromatic N) is 3. The topological polar surface area (TPSA) is 67.4 Å². The van der Waals surface area contributed by atoms with Gasteiger partial charge in [-0.15, -0.1) is 0 Å². The summed E-state index contributed by atoms with van der Waals surface area (Å²) in [6.07, 6.45) is 1.73. The average molecular weight is 397 g/mol. The smallest absolute Gasteiger partial charge is 0.223 e. The Morgan fingerprint density at radius 1 is 1.18 bits per heavy atom. The second-order valence-electron chi connectivity index (χ2n) is 6.90. The van der Waals surface area contributed by atoms with E-state index >= 15 is 0 Å². The van der Waals surface area contributed by atoms with Crippen molar-refractivity contribution in [1.29, 1.82) is 0 Å². The summed E-state index contributed by atoms with van der Waals surface area (Å²) in [5.74, 6) is 1.13. The fourth-order valence-corrected chi connectivity index (χ4v) is 4.51. The van der Waals surface area contributed by atoms with Crippen molar-refractivity contribution in [2.45, 2.75) is 19.8 Å². The van der Waals surface area contributed by atoms with E-state index in [1.807, 2.05) is 43.3 Å². The zero-order valence-corrected chi connectivity index (χ0v) is 17.0. The molecule has 6 nitrogen and oxygen atoms in total. The molecule has 3 heterocycles. The first-order chi connectivity index (χ1) is 13.7. The molecule has 0 unspecified atom stereocenters. The Kier molecular flexibility index (Phi) is 5.43. The number of rotatable bonds is 5. The van der Waals surface area contributed by atoms with Gasteiger partial charge in [-0.05, 0) is 56.2 Å². The molecule has 3 aromatic rings. The van der Waals surface area contributed by atoms with E-state index in [1.54, 1.807) is 18.4 Å². The molecule has 1 amide bonds. The number of pyridine rings is 1. The Bertz CT molecular complexity index is 962. The Balaban J connectivity index is 1.50. The number of ether oxygens (including phenoxy) is 1. The summed E-state index contributed by atoms with van der Waals surface area (Å²) >= 11 is 1.62. The third-order valence-corrected chi connectivity index (χ3v) is 6.14.